The lowest BCUT2D eigenvalue weighted by Crippen LogP contribution is -2.42. The molecule has 0 aliphatic heterocycles. The highest BCUT2D eigenvalue weighted by Gasteiger charge is 2.47. The van der Waals surface area contributed by atoms with Crippen molar-refractivity contribution in [2.45, 2.75) is 44.4 Å². The van der Waals surface area contributed by atoms with Gasteiger partial charge in [0.15, 0.2) is 0 Å². The van der Waals surface area contributed by atoms with Crippen LogP contribution in [0.25, 0.3) is 11.8 Å². The van der Waals surface area contributed by atoms with Crippen molar-refractivity contribution in [3.05, 3.63) is 119 Å². The van der Waals surface area contributed by atoms with E-state index in [4.69, 9.17) is 0 Å². The lowest BCUT2D eigenvalue weighted by Gasteiger charge is -2.38. The third kappa shape index (κ3) is 5.15. The molecule has 6 rings (SSSR count). The number of benzene rings is 3. The molecule has 0 saturated heterocycles. The summed E-state index contributed by atoms with van der Waals surface area (Å²) in [6.07, 6.45) is 6.99. The molecule has 212 valence electrons. The van der Waals surface area contributed by atoms with E-state index < -0.39 is 15.8 Å². The van der Waals surface area contributed by atoms with Crippen molar-refractivity contribution >= 4 is 16.1 Å². The van der Waals surface area contributed by atoms with Gasteiger partial charge in [-0.05, 0) is 97.5 Å². The van der Waals surface area contributed by atoms with Crippen molar-refractivity contribution in [2.24, 2.45) is 11.3 Å². The van der Waals surface area contributed by atoms with Crippen molar-refractivity contribution in [3.63, 3.8) is 0 Å². The molecule has 1 saturated carbocycles. The summed E-state index contributed by atoms with van der Waals surface area (Å²) in [5, 5.41) is 4.60. The van der Waals surface area contributed by atoms with E-state index in [1.54, 1.807) is 18.2 Å². The normalized spacial score (nSPS) is 20.1. The largest absolute Gasteiger partial charge is 0.246 e. The van der Waals surface area contributed by atoms with Crippen LogP contribution < -0.4 is 0 Å². The van der Waals surface area contributed by atoms with Gasteiger partial charge in [-0.15, -0.1) is 0 Å². The maximum Gasteiger partial charge on any atom is 0.246 e. The first-order valence-corrected chi connectivity index (χ1v) is 15.4. The SMILES string of the molecule is Cc1ccc(CCN(C[C@H]2CCC3=Cc4c(cnn4-c4ccc(F)cc4)C[C@@]32C)S(=O)(=O)c2ccccc2F)cc1. The van der Waals surface area contributed by atoms with Crippen LogP contribution >= 0.6 is 0 Å². The monoisotopic (exact) mass is 573 g/mol. The number of aryl methyl sites for hydroxylation is 1. The highest BCUT2D eigenvalue weighted by molar-refractivity contribution is 7.89. The third-order valence-corrected chi connectivity index (χ3v) is 10.8. The van der Waals surface area contributed by atoms with Gasteiger partial charge in [0.05, 0.1) is 17.6 Å². The molecule has 2 aliphatic carbocycles. The number of sulfonamides is 1. The minimum absolute atomic E-state index is 0.0515. The molecule has 0 unspecified atom stereocenters. The molecule has 5 nitrogen and oxygen atoms in total. The summed E-state index contributed by atoms with van der Waals surface area (Å²) in [7, 11) is -4.07. The second-order valence-corrected chi connectivity index (χ2v) is 13.4. The van der Waals surface area contributed by atoms with E-state index in [-0.39, 0.29) is 28.6 Å². The molecule has 41 heavy (non-hydrogen) atoms. The Morgan fingerprint density at radius 1 is 1.02 bits per heavy atom. The standard InChI is InChI=1S/C33H33F2N3O2S/c1-23-7-9-24(10-8-23)17-18-37(41(39,40)32-6-4-3-5-30(32)35)22-27-12-11-26-19-31-25(20-33(26,27)2)21-36-38(31)29-15-13-28(34)14-16-29/h3-10,13-16,19,21,27H,11-12,17-18,20,22H2,1-2H3/t27-,33+/m1/s1. The molecular weight excluding hydrogens is 540 g/mol. The van der Waals surface area contributed by atoms with Gasteiger partial charge >= 0.3 is 0 Å². The van der Waals surface area contributed by atoms with Gasteiger partial charge in [-0.2, -0.15) is 9.40 Å². The molecule has 1 heterocycles. The molecule has 1 aromatic heterocycles. The molecule has 3 aromatic carbocycles. The zero-order valence-corrected chi connectivity index (χ0v) is 24.0. The van der Waals surface area contributed by atoms with Crippen LogP contribution in [-0.2, 0) is 22.9 Å². The number of nitrogens with zero attached hydrogens (tertiary/aromatic N) is 3. The second kappa shape index (κ2) is 10.7. The first kappa shape index (κ1) is 27.5. The molecule has 2 atom stereocenters. The summed E-state index contributed by atoms with van der Waals surface area (Å²) in [5.74, 6) is -0.978. The molecule has 0 N–H and O–H groups in total. The molecule has 8 heteroatoms. The summed E-state index contributed by atoms with van der Waals surface area (Å²) in [6, 6.07) is 20.0. The van der Waals surface area contributed by atoms with Crippen LogP contribution in [0.3, 0.4) is 0 Å². The van der Waals surface area contributed by atoms with Gasteiger partial charge in [0.2, 0.25) is 10.0 Å². The van der Waals surface area contributed by atoms with Crippen LogP contribution in [0.2, 0.25) is 0 Å². The number of hydrogen-bond acceptors (Lipinski definition) is 3. The van der Waals surface area contributed by atoms with E-state index in [0.717, 1.165) is 47.3 Å². The number of aromatic nitrogens is 2. The molecule has 2 aliphatic rings. The third-order valence-electron chi connectivity index (χ3n) is 8.87. The van der Waals surface area contributed by atoms with Crippen LogP contribution in [0.4, 0.5) is 8.78 Å². The summed E-state index contributed by atoms with van der Waals surface area (Å²) in [6.45, 7) is 4.79. The van der Waals surface area contributed by atoms with Gasteiger partial charge in [-0.3, -0.25) is 0 Å². The fourth-order valence-electron chi connectivity index (χ4n) is 6.37. The predicted molar refractivity (Wildman–Crippen MR) is 156 cm³/mol. The number of fused-ring (bicyclic) bond motifs is 2. The summed E-state index contributed by atoms with van der Waals surface area (Å²) < 4.78 is 59.4. The molecule has 4 aromatic rings. The van der Waals surface area contributed by atoms with Gasteiger partial charge in [-0.1, -0.05) is 54.5 Å². The van der Waals surface area contributed by atoms with Crippen LogP contribution in [-0.4, -0.2) is 35.6 Å². The van der Waals surface area contributed by atoms with Gasteiger partial charge in [0, 0.05) is 13.1 Å². The minimum atomic E-state index is -4.07. The summed E-state index contributed by atoms with van der Waals surface area (Å²) in [4.78, 5) is -0.283. The van der Waals surface area contributed by atoms with E-state index in [2.05, 4.69) is 18.1 Å². The first-order chi connectivity index (χ1) is 19.6. The van der Waals surface area contributed by atoms with Gasteiger partial charge in [-0.25, -0.2) is 21.9 Å². The number of halogens is 2. The van der Waals surface area contributed by atoms with Crippen LogP contribution in [0.5, 0.6) is 0 Å². The molecule has 0 radical (unpaired) electrons. The lowest BCUT2D eigenvalue weighted by atomic mass is 9.70. The molecule has 0 spiro atoms. The first-order valence-electron chi connectivity index (χ1n) is 14.0. The fourth-order valence-corrected chi connectivity index (χ4v) is 7.92. The number of allylic oxidation sites excluding steroid dienone is 1. The van der Waals surface area contributed by atoms with E-state index in [9.17, 15) is 17.2 Å². The maximum absolute atomic E-state index is 14.8. The van der Waals surface area contributed by atoms with Crippen molar-refractivity contribution in [2.75, 3.05) is 13.1 Å². The molecule has 0 amide bonds. The molecule has 1 fully saturated rings. The quantitative estimate of drug-likeness (QED) is 0.234. The summed E-state index contributed by atoms with van der Waals surface area (Å²) >= 11 is 0. The summed E-state index contributed by atoms with van der Waals surface area (Å²) in [5.41, 5.74) is 6.05. The zero-order chi connectivity index (χ0) is 28.8. The Morgan fingerprint density at radius 2 is 1.76 bits per heavy atom. The average molecular weight is 574 g/mol. The smallest absolute Gasteiger partial charge is 0.233 e. The van der Waals surface area contributed by atoms with Crippen molar-refractivity contribution < 1.29 is 17.2 Å². The van der Waals surface area contributed by atoms with Crippen molar-refractivity contribution in [3.8, 4) is 5.69 Å². The Bertz CT molecular complexity index is 1710. The van der Waals surface area contributed by atoms with Crippen LogP contribution in [0.1, 0.15) is 42.1 Å². The molecule has 0 bridgehead atoms. The van der Waals surface area contributed by atoms with E-state index in [1.807, 2.05) is 42.1 Å². The van der Waals surface area contributed by atoms with Crippen LogP contribution in [0.15, 0.2) is 89.5 Å². The fraction of sp³-hybridized carbons (Fsp3) is 0.303. The Morgan fingerprint density at radius 3 is 2.49 bits per heavy atom. The zero-order valence-electron chi connectivity index (χ0n) is 23.2. The van der Waals surface area contributed by atoms with E-state index >= 15 is 0 Å². The maximum atomic E-state index is 14.8. The minimum Gasteiger partial charge on any atom is -0.233 e. The van der Waals surface area contributed by atoms with E-state index in [1.165, 1.54) is 40.2 Å². The topological polar surface area (TPSA) is 55.2 Å². The van der Waals surface area contributed by atoms with Gasteiger partial charge in [0.25, 0.3) is 0 Å². The Balaban J connectivity index is 1.30. The Kier molecular flexibility index (Phi) is 7.16. The van der Waals surface area contributed by atoms with Crippen molar-refractivity contribution in [1.82, 2.24) is 14.1 Å². The number of rotatable bonds is 8. The lowest BCUT2D eigenvalue weighted by molar-refractivity contribution is 0.221. The second-order valence-electron chi connectivity index (χ2n) is 11.5. The highest BCUT2D eigenvalue weighted by atomic mass is 32.2. The Hall–Kier alpha value is -3.62. The predicted octanol–water partition coefficient (Wildman–Crippen LogP) is 6.75. The van der Waals surface area contributed by atoms with Gasteiger partial charge < -0.3 is 0 Å². The van der Waals surface area contributed by atoms with Gasteiger partial charge in [0.1, 0.15) is 16.5 Å². The number of hydrogen-bond donors (Lipinski definition) is 0. The highest BCUT2D eigenvalue weighted by Crippen LogP contribution is 2.53. The Labute approximate surface area is 240 Å². The average Bonchev–Trinajstić information content (AvgIpc) is 3.50. The molecular formula is C33H33F2N3O2S. The van der Waals surface area contributed by atoms with E-state index in [0.29, 0.717) is 13.0 Å². The van der Waals surface area contributed by atoms with Crippen molar-refractivity contribution in [1.29, 1.82) is 0 Å². The van der Waals surface area contributed by atoms with Crippen LogP contribution in [0, 0.1) is 29.9 Å².